The fourth-order valence-corrected chi connectivity index (χ4v) is 3.03. The Bertz CT molecular complexity index is 820. The van der Waals surface area contributed by atoms with Crippen LogP contribution in [0.25, 0.3) is 22.3 Å². The predicted octanol–water partition coefficient (Wildman–Crippen LogP) is 4.14. The highest BCUT2D eigenvalue weighted by atomic mass is 32.1. The smallest absolute Gasteiger partial charge is 0.244 e. The molecule has 0 aliphatic rings. The van der Waals surface area contributed by atoms with Gasteiger partial charge in [0.1, 0.15) is 5.69 Å². The molecule has 0 fully saturated rings. The third-order valence-electron chi connectivity index (χ3n) is 3.48. The van der Waals surface area contributed by atoms with Crippen LogP contribution in [0.4, 0.5) is 0 Å². The Hall–Kier alpha value is -2.66. The summed E-state index contributed by atoms with van der Waals surface area (Å²) in [5.74, 6) is -0.0820. The molecule has 0 spiro atoms. The lowest BCUT2D eigenvalue weighted by atomic mass is 10.2. The van der Waals surface area contributed by atoms with Crippen molar-refractivity contribution >= 4 is 23.3 Å². The van der Waals surface area contributed by atoms with Gasteiger partial charge in [-0.15, -0.1) is 11.3 Å². The summed E-state index contributed by atoms with van der Waals surface area (Å²) in [6.45, 7) is 2.72. The van der Waals surface area contributed by atoms with Gasteiger partial charge in [0.15, 0.2) is 0 Å². The third-order valence-corrected chi connectivity index (χ3v) is 4.36. The van der Waals surface area contributed by atoms with Gasteiger partial charge in [0.2, 0.25) is 5.91 Å². The van der Waals surface area contributed by atoms with Gasteiger partial charge in [-0.05, 0) is 36.1 Å². The minimum atomic E-state index is -0.0820. The van der Waals surface area contributed by atoms with Gasteiger partial charge in [-0.1, -0.05) is 31.2 Å². The first kappa shape index (κ1) is 16.2. The first-order chi connectivity index (χ1) is 11.8. The second kappa shape index (κ2) is 7.75. The fourth-order valence-electron chi connectivity index (χ4n) is 2.30. The maximum absolute atomic E-state index is 11.8. The predicted molar refractivity (Wildman–Crippen MR) is 99.2 cm³/mol. The van der Waals surface area contributed by atoms with Crippen LogP contribution in [-0.2, 0) is 4.79 Å². The van der Waals surface area contributed by atoms with Crippen molar-refractivity contribution in [3.63, 3.8) is 0 Å². The molecule has 0 unspecified atom stereocenters. The van der Waals surface area contributed by atoms with E-state index in [1.165, 1.54) is 0 Å². The molecule has 3 rings (SSSR count). The number of carbonyl (C=O) groups excluding carboxylic acids is 1. The molecule has 24 heavy (non-hydrogen) atoms. The molecule has 0 bridgehead atoms. The van der Waals surface area contributed by atoms with Gasteiger partial charge in [-0.2, -0.15) is 5.10 Å². The lowest BCUT2D eigenvalue weighted by molar-refractivity contribution is -0.116. The molecule has 1 aromatic carbocycles. The summed E-state index contributed by atoms with van der Waals surface area (Å²) in [5.41, 5.74) is 2.80. The van der Waals surface area contributed by atoms with E-state index in [9.17, 15) is 4.79 Å². The number of para-hydroxylation sites is 1. The maximum Gasteiger partial charge on any atom is 0.244 e. The second-order valence-electron chi connectivity index (χ2n) is 5.31. The Morgan fingerprint density at radius 3 is 2.79 bits per heavy atom. The van der Waals surface area contributed by atoms with Gasteiger partial charge in [0.25, 0.3) is 0 Å². The largest absolute Gasteiger partial charge is 0.353 e. The Morgan fingerprint density at radius 2 is 2.08 bits per heavy atom. The van der Waals surface area contributed by atoms with E-state index in [0.29, 0.717) is 6.54 Å². The lowest BCUT2D eigenvalue weighted by Gasteiger charge is -1.99. The molecular formula is C19H19N3OS. The number of aromatic nitrogens is 2. The molecule has 0 aliphatic carbocycles. The molecule has 3 aromatic rings. The maximum atomic E-state index is 11.8. The zero-order valence-electron chi connectivity index (χ0n) is 13.5. The van der Waals surface area contributed by atoms with Crippen molar-refractivity contribution in [3.05, 3.63) is 65.7 Å². The molecule has 0 saturated heterocycles. The molecule has 2 heterocycles. The molecule has 0 saturated carbocycles. The van der Waals surface area contributed by atoms with E-state index in [2.05, 4.69) is 5.32 Å². The zero-order valence-corrected chi connectivity index (χ0v) is 14.3. The quantitative estimate of drug-likeness (QED) is 0.687. The van der Waals surface area contributed by atoms with Crippen molar-refractivity contribution in [2.75, 3.05) is 6.54 Å². The van der Waals surface area contributed by atoms with Crippen molar-refractivity contribution in [1.82, 2.24) is 15.1 Å². The average Bonchev–Trinajstić information content (AvgIpc) is 3.28. The first-order valence-electron chi connectivity index (χ1n) is 7.93. The van der Waals surface area contributed by atoms with Crippen molar-refractivity contribution in [3.8, 4) is 16.3 Å². The highest BCUT2D eigenvalue weighted by Gasteiger charge is 2.11. The normalized spacial score (nSPS) is 11.0. The molecule has 122 valence electrons. The summed E-state index contributed by atoms with van der Waals surface area (Å²) in [4.78, 5) is 12.9. The number of hydrogen-bond donors (Lipinski definition) is 1. The Balaban J connectivity index is 1.93. The molecule has 2 aromatic heterocycles. The summed E-state index contributed by atoms with van der Waals surface area (Å²) in [7, 11) is 0. The number of nitrogens with zero attached hydrogens (tertiary/aromatic N) is 2. The van der Waals surface area contributed by atoms with Gasteiger partial charge >= 0.3 is 0 Å². The number of hydrogen-bond acceptors (Lipinski definition) is 3. The van der Waals surface area contributed by atoms with Gasteiger partial charge in [0, 0.05) is 24.4 Å². The molecule has 1 N–H and O–H groups in total. The van der Waals surface area contributed by atoms with Crippen molar-refractivity contribution < 1.29 is 4.79 Å². The van der Waals surface area contributed by atoms with Crippen LogP contribution in [0.3, 0.4) is 0 Å². The highest BCUT2D eigenvalue weighted by molar-refractivity contribution is 7.13. The van der Waals surface area contributed by atoms with Crippen molar-refractivity contribution in [2.24, 2.45) is 0 Å². The molecule has 0 radical (unpaired) electrons. The minimum Gasteiger partial charge on any atom is -0.353 e. The minimum absolute atomic E-state index is 0.0820. The van der Waals surface area contributed by atoms with Crippen LogP contribution < -0.4 is 5.32 Å². The summed E-state index contributed by atoms with van der Waals surface area (Å²) in [5, 5.41) is 9.58. The standard InChI is InChI=1S/C19H19N3OS/c1-2-12-20-18(23)11-10-15-14-22(16-7-4-3-5-8-16)21-19(15)17-9-6-13-24-17/h3-11,13-14H,2,12H2,1H3,(H,20,23)/b11-10+. The molecular weight excluding hydrogens is 318 g/mol. The molecule has 0 aliphatic heterocycles. The van der Waals surface area contributed by atoms with Crippen molar-refractivity contribution in [1.29, 1.82) is 0 Å². The van der Waals surface area contributed by atoms with E-state index >= 15 is 0 Å². The first-order valence-corrected chi connectivity index (χ1v) is 8.81. The molecule has 0 atom stereocenters. The van der Waals surface area contributed by atoms with Gasteiger partial charge in [-0.25, -0.2) is 4.68 Å². The fraction of sp³-hybridized carbons (Fsp3) is 0.158. The zero-order chi connectivity index (χ0) is 16.8. The third kappa shape index (κ3) is 3.81. The van der Waals surface area contributed by atoms with Crippen LogP contribution in [-0.4, -0.2) is 22.2 Å². The summed E-state index contributed by atoms with van der Waals surface area (Å²) >= 11 is 1.64. The number of amides is 1. The van der Waals surface area contributed by atoms with E-state index in [1.54, 1.807) is 17.4 Å². The number of carbonyl (C=O) groups is 1. The summed E-state index contributed by atoms with van der Waals surface area (Å²) in [6, 6.07) is 14.0. The van der Waals surface area contributed by atoms with E-state index in [1.807, 2.05) is 71.7 Å². The van der Waals surface area contributed by atoms with E-state index < -0.39 is 0 Å². The van der Waals surface area contributed by atoms with Crippen LogP contribution >= 0.6 is 11.3 Å². The van der Waals surface area contributed by atoms with Crippen molar-refractivity contribution in [2.45, 2.75) is 13.3 Å². The lowest BCUT2D eigenvalue weighted by Crippen LogP contribution is -2.21. The number of rotatable bonds is 6. The molecule has 1 amide bonds. The summed E-state index contributed by atoms with van der Waals surface area (Å²) in [6.07, 6.45) is 6.27. The average molecular weight is 337 g/mol. The monoisotopic (exact) mass is 337 g/mol. The van der Waals surface area contributed by atoms with Gasteiger partial charge in [-0.3, -0.25) is 4.79 Å². The Morgan fingerprint density at radius 1 is 1.25 bits per heavy atom. The van der Waals surface area contributed by atoms with E-state index in [-0.39, 0.29) is 5.91 Å². The van der Waals surface area contributed by atoms with Crippen LogP contribution in [0.1, 0.15) is 18.9 Å². The van der Waals surface area contributed by atoms with E-state index in [4.69, 9.17) is 5.10 Å². The van der Waals surface area contributed by atoms with Crippen LogP contribution in [0.5, 0.6) is 0 Å². The topological polar surface area (TPSA) is 46.9 Å². The number of nitrogens with one attached hydrogen (secondary N) is 1. The Kier molecular flexibility index (Phi) is 5.23. The molecule has 4 nitrogen and oxygen atoms in total. The SMILES string of the molecule is CCCNC(=O)/C=C/c1cn(-c2ccccc2)nc1-c1cccs1. The number of benzene rings is 1. The van der Waals surface area contributed by atoms with Crippen LogP contribution in [0.15, 0.2) is 60.1 Å². The highest BCUT2D eigenvalue weighted by Crippen LogP contribution is 2.28. The van der Waals surface area contributed by atoms with Crippen LogP contribution in [0.2, 0.25) is 0 Å². The summed E-state index contributed by atoms with van der Waals surface area (Å²) < 4.78 is 1.85. The Labute approximate surface area is 145 Å². The second-order valence-corrected chi connectivity index (χ2v) is 6.26. The van der Waals surface area contributed by atoms with Gasteiger partial charge in [0.05, 0.1) is 10.6 Å². The number of thiophene rings is 1. The van der Waals surface area contributed by atoms with Gasteiger partial charge < -0.3 is 5.32 Å². The van der Waals surface area contributed by atoms with Crippen LogP contribution in [0, 0.1) is 0 Å². The van der Waals surface area contributed by atoms with E-state index in [0.717, 1.165) is 28.2 Å². The molecule has 5 heteroatoms.